The minimum Gasteiger partial charge on any atom is -0.369 e. The highest BCUT2D eigenvalue weighted by Crippen LogP contribution is 2.28. The first kappa shape index (κ1) is 24.7. The minimum absolute atomic E-state index is 0.0452. The molecule has 0 spiro atoms. The number of likely N-dealkylation sites (tertiary alicyclic amines) is 1. The number of benzene rings is 1. The van der Waals surface area contributed by atoms with Crippen LogP contribution in [0.5, 0.6) is 0 Å². The molecule has 34 heavy (non-hydrogen) atoms. The zero-order valence-corrected chi connectivity index (χ0v) is 20.7. The molecular weight excluding hydrogens is 432 g/mol. The topological polar surface area (TPSA) is 82.2 Å². The molecule has 0 unspecified atom stereocenters. The number of ether oxygens (including phenoxy) is 1. The molecule has 1 aromatic rings. The van der Waals surface area contributed by atoms with E-state index < -0.39 is 12.1 Å². The average molecular weight is 471 g/mol. The summed E-state index contributed by atoms with van der Waals surface area (Å²) in [5, 5.41) is 2.97. The molecule has 186 valence electrons. The molecule has 3 saturated heterocycles. The van der Waals surface area contributed by atoms with Gasteiger partial charge in [-0.2, -0.15) is 0 Å². The number of nitrogens with zero attached hydrogens (tertiary/aromatic N) is 3. The Morgan fingerprint density at radius 3 is 2.44 bits per heavy atom. The summed E-state index contributed by atoms with van der Waals surface area (Å²) in [5.41, 5.74) is 1.65. The van der Waals surface area contributed by atoms with Crippen LogP contribution in [-0.2, 0) is 14.3 Å². The molecule has 0 aromatic heterocycles. The molecule has 3 heterocycles. The zero-order chi connectivity index (χ0) is 24.2. The summed E-state index contributed by atoms with van der Waals surface area (Å²) >= 11 is 0. The van der Waals surface area contributed by atoms with E-state index in [-0.39, 0.29) is 36.2 Å². The molecule has 4 atom stereocenters. The lowest BCUT2D eigenvalue weighted by atomic mass is 9.96. The number of piperazine rings is 1. The number of fused-ring (bicyclic) bond motifs is 1. The molecule has 3 aliphatic heterocycles. The maximum Gasteiger partial charge on any atom is 0.251 e. The fourth-order valence-electron chi connectivity index (χ4n) is 5.30. The molecule has 0 bridgehead atoms. The standard InChI is InChI=1S/C26H38N4O4/c1-4-11-28-13-15-29(16-14-28)20-8-6-19(7-9-20)25(32)27-23(18(3)5-2)26(33)30-12-10-22-24(30)21(31)17-34-22/h6-9,18,22-24H,4-5,10-17H2,1-3H3,(H,27,32)/t18-,22+,23-,24+/m0/s1. The summed E-state index contributed by atoms with van der Waals surface area (Å²) in [6.45, 7) is 12.0. The number of ketones is 1. The largest absolute Gasteiger partial charge is 0.369 e. The van der Waals surface area contributed by atoms with Gasteiger partial charge in [0.2, 0.25) is 5.91 Å². The second-order valence-electron chi connectivity index (χ2n) is 9.79. The Morgan fingerprint density at radius 2 is 1.79 bits per heavy atom. The fourth-order valence-corrected chi connectivity index (χ4v) is 5.30. The Bertz CT molecular complexity index is 881. The first-order chi connectivity index (χ1) is 16.4. The van der Waals surface area contributed by atoms with Crippen molar-refractivity contribution in [3.8, 4) is 0 Å². The molecule has 2 amide bonds. The van der Waals surface area contributed by atoms with Crippen molar-refractivity contribution >= 4 is 23.3 Å². The normalized spacial score (nSPS) is 24.7. The summed E-state index contributed by atoms with van der Waals surface area (Å²) in [7, 11) is 0. The van der Waals surface area contributed by atoms with Crippen molar-refractivity contribution in [3.63, 3.8) is 0 Å². The minimum atomic E-state index is -0.670. The number of carbonyl (C=O) groups excluding carboxylic acids is 3. The van der Waals surface area contributed by atoms with Gasteiger partial charge in [-0.3, -0.25) is 19.3 Å². The van der Waals surface area contributed by atoms with Gasteiger partial charge in [-0.1, -0.05) is 27.2 Å². The molecule has 4 rings (SSSR count). The molecular formula is C26H38N4O4. The Morgan fingerprint density at radius 1 is 1.09 bits per heavy atom. The van der Waals surface area contributed by atoms with E-state index >= 15 is 0 Å². The van der Waals surface area contributed by atoms with Crippen LogP contribution < -0.4 is 10.2 Å². The van der Waals surface area contributed by atoms with E-state index in [2.05, 4.69) is 22.0 Å². The van der Waals surface area contributed by atoms with Crippen LogP contribution in [-0.4, -0.2) is 91.5 Å². The van der Waals surface area contributed by atoms with Gasteiger partial charge in [0, 0.05) is 44.0 Å². The first-order valence-electron chi connectivity index (χ1n) is 12.8. The third-order valence-corrected chi connectivity index (χ3v) is 7.57. The van der Waals surface area contributed by atoms with Gasteiger partial charge in [0.05, 0.1) is 6.10 Å². The SMILES string of the molecule is CCCN1CCN(c2ccc(C(=O)N[C@H](C(=O)N3CC[C@H]4OCC(=O)[C@H]43)[C@@H](C)CC)cc2)CC1. The molecule has 3 aliphatic rings. The van der Waals surface area contributed by atoms with Gasteiger partial charge in [0.15, 0.2) is 5.78 Å². The van der Waals surface area contributed by atoms with E-state index in [0.29, 0.717) is 18.5 Å². The second kappa shape index (κ2) is 10.9. The Hall–Kier alpha value is -2.45. The van der Waals surface area contributed by atoms with Crippen LogP contribution >= 0.6 is 0 Å². The third-order valence-electron chi connectivity index (χ3n) is 7.57. The third kappa shape index (κ3) is 5.13. The number of rotatable bonds is 8. The van der Waals surface area contributed by atoms with Gasteiger partial charge < -0.3 is 19.9 Å². The van der Waals surface area contributed by atoms with Gasteiger partial charge in [0.25, 0.3) is 5.91 Å². The lowest BCUT2D eigenvalue weighted by Crippen LogP contribution is -2.54. The number of amides is 2. The number of nitrogens with one attached hydrogen (secondary N) is 1. The van der Waals surface area contributed by atoms with E-state index in [1.165, 1.54) is 6.42 Å². The van der Waals surface area contributed by atoms with Crippen molar-refractivity contribution in [2.24, 2.45) is 5.92 Å². The lowest BCUT2D eigenvalue weighted by molar-refractivity contribution is -0.139. The van der Waals surface area contributed by atoms with Crippen LogP contribution in [0.3, 0.4) is 0 Å². The van der Waals surface area contributed by atoms with Crippen molar-refractivity contribution in [1.29, 1.82) is 0 Å². The van der Waals surface area contributed by atoms with Crippen molar-refractivity contribution in [3.05, 3.63) is 29.8 Å². The monoisotopic (exact) mass is 470 g/mol. The van der Waals surface area contributed by atoms with Crippen LogP contribution in [0, 0.1) is 5.92 Å². The maximum atomic E-state index is 13.4. The number of hydrogen-bond acceptors (Lipinski definition) is 6. The predicted molar refractivity (Wildman–Crippen MR) is 131 cm³/mol. The fraction of sp³-hybridized carbons (Fsp3) is 0.654. The van der Waals surface area contributed by atoms with Crippen LogP contribution in [0.1, 0.15) is 50.4 Å². The van der Waals surface area contributed by atoms with E-state index in [4.69, 9.17) is 4.74 Å². The van der Waals surface area contributed by atoms with Crippen molar-refractivity contribution < 1.29 is 19.1 Å². The first-order valence-corrected chi connectivity index (χ1v) is 12.8. The highest BCUT2D eigenvalue weighted by molar-refractivity contribution is 5.99. The Balaban J connectivity index is 1.40. The van der Waals surface area contributed by atoms with Gasteiger partial charge in [0.1, 0.15) is 18.7 Å². The summed E-state index contributed by atoms with van der Waals surface area (Å²) in [4.78, 5) is 45.3. The zero-order valence-electron chi connectivity index (χ0n) is 20.7. The van der Waals surface area contributed by atoms with Crippen molar-refractivity contribution in [2.45, 2.75) is 58.2 Å². The predicted octanol–water partition coefficient (Wildman–Crippen LogP) is 1.93. The highest BCUT2D eigenvalue weighted by atomic mass is 16.5. The van der Waals surface area contributed by atoms with Crippen molar-refractivity contribution in [1.82, 2.24) is 15.1 Å². The molecule has 0 aliphatic carbocycles. The van der Waals surface area contributed by atoms with Crippen LogP contribution in [0.25, 0.3) is 0 Å². The summed E-state index contributed by atoms with van der Waals surface area (Å²) in [6, 6.07) is 6.47. The quantitative estimate of drug-likeness (QED) is 0.625. The molecule has 8 nitrogen and oxygen atoms in total. The van der Waals surface area contributed by atoms with E-state index in [0.717, 1.165) is 44.8 Å². The Labute approximate surface area is 202 Å². The number of Topliss-reactive ketones (excluding diaryl/α,β-unsaturated/α-hetero) is 1. The van der Waals surface area contributed by atoms with Gasteiger partial charge in [-0.25, -0.2) is 0 Å². The Kier molecular flexibility index (Phi) is 7.88. The maximum absolute atomic E-state index is 13.4. The van der Waals surface area contributed by atoms with Crippen LogP contribution in [0.4, 0.5) is 5.69 Å². The summed E-state index contributed by atoms with van der Waals surface area (Å²) in [5.74, 6) is -0.541. The molecule has 8 heteroatoms. The smallest absolute Gasteiger partial charge is 0.251 e. The molecule has 3 fully saturated rings. The second-order valence-corrected chi connectivity index (χ2v) is 9.79. The van der Waals surface area contributed by atoms with E-state index in [1.807, 2.05) is 38.1 Å². The highest BCUT2D eigenvalue weighted by Gasteiger charge is 2.48. The molecule has 0 radical (unpaired) electrons. The summed E-state index contributed by atoms with van der Waals surface area (Å²) in [6.07, 6.45) is 2.37. The average Bonchev–Trinajstić information content (AvgIpc) is 3.45. The molecule has 0 saturated carbocycles. The molecule has 1 N–H and O–H groups in total. The van der Waals surface area contributed by atoms with Crippen LogP contribution in [0.15, 0.2) is 24.3 Å². The van der Waals surface area contributed by atoms with E-state index in [1.54, 1.807) is 4.90 Å². The van der Waals surface area contributed by atoms with Gasteiger partial charge >= 0.3 is 0 Å². The van der Waals surface area contributed by atoms with Crippen molar-refractivity contribution in [2.75, 3.05) is 50.8 Å². The molecule has 1 aromatic carbocycles. The van der Waals surface area contributed by atoms with Gasteiger partial charge in [-0.15, -0.1) is 0 Å². The summed E-state index contributed by atoms with van der Waals surface area (Å²) < 4.78 is 5.53. The number of hydrogen-bond donors (Lipinski definition) is 1. The lowest BCUT2D eigenvalue weighted by Gasteiger charge is -2.36. The van der Waals surface area contributed by atoms with Gasteiger partial charge in [-0.05, 0) is 49.6 Å². The number of carbonyl (C=O) groups is 3. The van der Waals surface area contributed by atoms with E-state index in [9.17, 15) is 14.4 Å². The van der Waals surface area contributed by atoms with Crippen LogP contribution in [0.2, 0.25) is 0 Å². The number of anilines is 1.